The molecule has 0 heterocycles. The first-order valence-corrected chi connectivity index (χ1v) is 10.7. The summed E-state index contributed by atoms with van der Waals surface area (Å²) < 4.78 is 0. The van der Waals surface area contributed by atoms with Crippen LogP contribution in [0.15, 0.2) is 48.5 Å². The second-order valence-electron chi connectivity index (χ2n) is 7.63. The number of amides is 2. The SMILES string of the molecule is NC(=O)c1cc(-c2ccc(Cl)c(Cl)c2)cc2c1Cc1ccc(C(=O)NC(CO)CO)cc1-2. The van der Waals surface area contributed by atoms with Crippen molar-refractivity contribution in [3.05, 3.63) is 80.8 Å². The molecule has 0 saturated heterocycles. The number of nitrogens with two attached hydrogens (primary N) is 1. The Kier molecular flexibility index (Phi) is 6.22. The Balaban J connectivity index is 1.81. The van der Waals surface area contributed by atoms with Gasteiger partial charge in [-0.2, -0.15) is 0 Å². The van der Waals surface area contributed by atoms with E-state index in [1.807, 2.05) is 18.2 Å². The lowest BCUT2D eigenvalue weighted by atomic mass is 9.93. The summed E-state index contributed by atoms with van der Waals surface area (Å²) in [5.74, 6) is -0.951. The maximum Gasteiger partial charge on any atom is 0.251 e. The van der Waals surface area contributed by atoms with Crippen molar-refractivity contribution in [1.82, 2.24) is 5.32 Å². The molecule has 5 N–H and O–H groups in total. The monoisotopic (exact) mass is 470 g/mol. The highest BCUT2D eigenvalue weighted by molar-refractivity contribution is 6.42. The maximum absolute atomic E-state index is 12.6. The van der Waals surface area contributed by atoms with Gasteiger partial charge >= 0.3 is 0 Å². The first-order chi connectivity index (χ1) is 15.3. The van der Waals surface area contributed by atoms with Gasteiger partial charge in [-0.3, -0.25) is 9.59 Å². The van der Waals surface area contributed by atoms with Crippen LogP contribution in [0.25, 0.3) is 22.3 Å². The Labute approximate surface area is 194 Å². The average Bonchev–Trinajstić information content (AvgIpc) is 3.16. The number of aliphatic hydroxyl groups excluding tert-OH is 2. The summed E-state index contributed by atoms with van der Waals surface area (Å²) in [7, 11) is 0. The molecule has 0 unspecified atom stereocenters. The molecule has 3 aromatic carbocycles. The van der Waals surface area contributed by atoms with Crippen LogP contribution in [0.1, 0.15) is 31.8 Å². The van der Waals surface area contributed by atoms with Crippen LogP contribution < -0.4 is 11.1 Å². The molecule has 32 heavy (non-hydrogen) atoms. The minimum atomic E-state index is -0.745. The van der Waals surface area contributed by atoms with E-state index in [0.717, 1.165) is 33.4 Å². The Morgan fingerprint density at radius 2 is 1.69 bits per heavy atom. The number of benzene rings is 3. The molecule has 164 valence electrons. The molecule has 1 aliphatic rings. The van der Waals surface area contributed by atoms with Crippen LogP contribution in [-0.2, 0) is 6.42 Å². The van der Waals surface area contributed by atoms with Crippen LogP contribution in [0.4, 0.5) is 0 Å². The normalized spacial score (nSPS) is 11.9. The number of aliphatic hydroxyl groups is 2. The fraction of sp³-hybridized carbons (Fsp3) is 0.167. The van der Waals surface area contributed by atoms with E-state index in [-0.39, 0.29) is 13.2 Å². The summed E-state index contributed by atoms with van der Waals surface area (Å²) >= 11 is 12.2. The number of hydrogen-bond acceptors (Lipinski definition) is 4. The van der Waals surface area contributed by atoms with Gasteiger partial charge in [0.05, 0.1) is 29.3 Å². The molecule has 0 spiro atoms. The fourth-order valence-electron chi connectivity index (χ4n) is 3.90. The zero-order valence-electron chi connectivity index (χ0n) is 16.9. The van der Waals surface area contributed by atoms with Gasteiger partial charge in [0, 0.05) is 11.1 Å². The average molecular weight is 471 g/mol. The highest BCUT2D eigenvalue weighted by Gasteiger charge is 2.26. The van der Waals surface area contributed by atoms with Gasteiger partial charge in [-0.15, -0.1) is 0 Å². The second kappa shape index (κ2) is 8.92. The van der Waals surface area contributed by atoms with Gasteiger partial charge in [-0.25, -0.2) is 0 Å². The molecule has 0 aliphatic heterocycles. The molecule has 4 rings (SSSR count). The summed E-state index contributed by atoms with van der Waals surface area (Å²) in [6.45, 7) is -0.740. The van der Waals surface area contributed by atoms with Gasteiger partial charge in [-0.05, 0) is 76.2 Å². The summed E-state index contributed by atoms with van der Waals surface area (Å²) in [6.07, 6.45) is 0.516. The standard InChI is InChI=1S/C24H20Cl2N2O4/c25-21-4-3-12(9-22(21)26)15-7-18-17-6-14(24(32)28-16(10-29)11-30)2-1-13(17)5-19(18)20(8-15)23(27)31/h1-4,6-9,16,29-30H,5,10-11H2,(H2,27,31)(H,28,32). The Morgan fingerprint density at radius 1 is 0.938 bits per heavy atom. The molecule has 0 atom stereocenters. The van der Waals surface area contributed by atoms with Gasteiger partial charge < -0.3 is 21.3 Å². The van der Waals surface area contributed by atoms with Gasteiger partial charge in [0.15, 0.2) is 0 Å². The number of primary amides is 1. The summed E-state index contributed by atoms with van der Waals surface area (Å²) in [6, 6.07) is 13.4. The third kappa shape index (κ3) is 4.10. The number of carbonyl (C=O) groups excluding carboxylic acids is 2. The summed E-state index contributed by atoms with van der Waals surface area (Å²) in [4.78, 5) is 24.8. The quantitative estimate of drug-likeness (QED) is 0.345. The first kappa shape index (κ1) is 22.3. The van der Waals surface area contributed by atoms with E-state index in [0.29, 0.717) is 27.6 Å². The van der Waals surface area contributed by atoms with Crippen LogP contribution in [0.5, 0.6) is 0 Å². The van der Waals surface area contributed by atoms with Crippen molar-refractivity contribution < 1.29 is 19.8 Å². The van der Waals surface area contributed by atoms with Crippen molar-refractivity contribution in [3.8, 4) is 22.3 Å². The van der Waals surface area contributed by atoms with E-state index in [1.54, 1.807) is 30.3 Å². The van der Waals surface area contributed by atoms with Gasteiger partial charge in [0.1, 0.15) is 0 Å². The van der Waals surface area contributed by atoms with E-state index in [2.05, 4.69) is 5.32 Å². The lowest BCUT2D eigenvalue weighted by Gasteiger charge is -2.14. The summed E-state index contributed by atoms with van der Waals surface area (Å²) in [5.41, 5.74) is 11.4. The van der Waals surface area contributed by atoms with Crippen molar-refractivity contribution >= 4 is 35.0 Å². The van der Waals surface area contributed by atoms with Crippen molar-refractivity contribution in [2.75, 3.05) is 13.2 Å². The predicted octanol–water partition coefficient (Wildman–Crippen LogP) is 3.41. The molecule has 0 saturated carbocycles. The lowest BCUT2D eigenvalue weighted by molar-refractivity contribution is 0.0879. The topological polar surface area (TPSA) is 113 Å². The van der Waals surface area contributed by atoms with E-state index in [9.17, 15) is 19.8 Å². The zero-order chi connectivity index (χ0) is 23.0. The number of fused-ring (bicyclic) bond motifs is 3. The van der Waals surface area contributed by atoms with Crippen molar-refractivity contribution in [2.24, 2.45) is 5.73 Å². The first-order valence-electron chi connectivity index (χ1n) is 9.90. The Hall–Kier alpha value is -2.90. The Morgan fingerprint density at radius 3 is 2.34 bits per heavy atom. The number of nitrogens with one attached hydrogen (secondary N) is 1. The minimum Gasteiger partial charge on any atom is -0.394 e. The highest BCUT2D eigenvalue weighted by Crippen LogP contribution is 2.42. The molecule has 1 aliphatic carbocycles. The smallest absolute Gasteiger partial charge is 0.251 e. The molecule has 3 aromatic rings. The van der Waals surface area contributed by atoms with E-state index < -0.39 is 17.9 Å². The molecule has 0 radical (unpaired) electrons. The molecular weight excluding hydrogens is 451 g/mol. The molecule has 8 heteroatoms. The summed E-state index contributed by atoms with van der Waals surface area (Å²) in [5, 5.41) is 21.9. The largest absolute Gasteiger partial charge is 0.394 e. The van der Waals surface area contributed by atoms with Gasteiger partial charge in [-0.1, -0.05) is 35.3 Å². The predicted molar refractivity (Wildman–Crippen MR) is 124 cm³/mol. The number of carbonyl (C=O) groups is 2. The minimum absolute atomic E-state index is 0.370. The molecule has 6 nitrogen and oxygen atoms in total. The number of rotatable bonds is 6. The van der Waals surface area contributed by atoms with Crippen molar-refractivity contribution in [2.45, 2.75) is 12.5 Å². The lowest BCUT2D eigenvalue weighted by Crippen LogP contribution is -2.40. The Bertz CT molecular complexity index is 1240. The van der Waals surface area contributed by atoms with Crippen LogP contribution in [0.2, 0.25) is 10.0 Å². The molecule has 2 amide bonds. The van der Waals surface area contributed by atoms with Gasteiger partial charge in [0.25, 0.3) is 5.91 Å². The molecule has 0 fully saturated rings. The van der Waals surface area contributed by atoms with Crippen LogP contribution >= 0.6 is 23.2 Å². The third-order valence-electron chi connectivity index (χ3n) is 5.57. The second-order valence-corrected chi connectivity index (χ2v) is 8.44. The van der Waals surface area contributed by atoms with E-state index in [4.69, 9.17) is 28.9 Å². The van der Waals surface area contributed by atoms with Crippen LogP contribution in [-0.4, -0.2) is 41.3 Å². The van der Waals surface area contributed by atoms with Crippen molar-refractivity contribution in [1.29, 1.82) is 0 Å². The van der Waals surface area contributed by atoms with E-state index >= 15 is 0 Å². The highest BCUT2D eigenvalue weighted by atomic mass is 35.5. The third-order valence-corrected chi connectivity index (χ3v) is 6.31. The van der Waals surface area contributed by atoms with Crippen LogP contribution in [0, 0.1) is 0 Å². The number of hydrogen-bond donors (Lipinski definition) is 4. The van der Waals surface area contributed by atoms with Gasteiger partial charge in [0.2, 0.25) is 5.91 Å². The zero-order valence-corrected chi connectivity index (χ0v) is 18.4. The number of halogens is 2. The van der Waals surface area contributed by atoms with Crippen molar-refractivity contribution in [3.63, 3.8) is 0 Å². The molecule has 0 bridgehead atoms. The fourth-order valence-corrected chi connectivity index (χ4v) is 4.19. The molecular formula is C24H20Cl2N2O4. The molecule has 0 aromatic heterocycles. The van der Waals surface area contributed by atoms with Crippen LogP contribution in [0.3, 0.4) is 0 Å². The maximum atomic E-state index is 12.6. The van der Waals surface area contributed by atoms with E-state index in [1.165, 1.54) is 0 Å².